The van der Waals surface area contributed by atoms with Crippen molar-refractivity contribution in [3.05, 3.63) is 89.7 Å². The summed E-state index contributed by atoms with van der Waals surface area (Å²) in [4.78, 5) is 44.1. The third kappa shape index (κ3) is 5.11. The fourth-order valence-corrected chi connectivity index (χ4v) is 4.91. The van der Waals surface area contributed by atoms with Crippen LogP contribution >= 0.6 is 0 Å². The number of hydrogen-bond donors (Lipinski definition) is 0. The summed E-state index contributed by atoms with van der Waals surface area (Å²) in [5, 5.41) is 0. The fraction of sp³-hybridized carbons (Fsp3) is 0.276. The SMILES string of the molecule is CCOc1ccc(N2C(=O)C[C@@H](N3CCN(c4ccc(C(=O)c5ccc(F)cc5)cc4)CC3)C2=O)cc1. The molecule has 3 aromatic carbocycles. The number of carbonyl (C=O) groups is 3. The van der Waals surface area contributed by atoms with E-state index in [2.05, 4.69) is 9.80 Å². The minimum Gasteiger partial charge on any atom is -0.494 e. The van der Waals surface area contributed by atoms with Crippen LogP contribution in [0.15, 0.2) is 72.8 Å². The molecule has 0 saturated carbocycles. The molecule has 3 aromatic rings. The minimum absolute atomic E-state index is 0.155. The van der Waals surface area contributed by atoms with E-state index in [0.29, 0.717) is 55.3 Å². The maximum absolute atomic E-state index is 13.2. The highest BCUT2D eigenvalue weighted by Gasteiger charge is 2.43. The quantitative estimate of drug-likeness (QED) is 0.361. The zero-order valence-electron chi connectivity index (χ0n) is 20.6. The second kappa shape index (κ2) is 10.5. The summed E-state index contributed by atoms with van der Waals surface area (Å²) in [6.45, 7) is 5.15. The Balaban J connectivity index is 1.19. The number of ether oxygens (including phenoxy) is 1. The number of benzene rings is 3. The summed E-state index contributed by atoms with van der Waals surface area (Å²) in [6.07, 6.45) is 0.173. The lowest BCUT2D eigenvalue weighted by Crippen LogP contribution is -2.52. The summed E-state index contributed by atoms with van der Waals surface area (Å²) in [7, 11) is 0. The van der Waals surface area contributed by atoms with Crippen molar-refractivity contribution in [1.29, 1.82) is 0 Å². The van der Waals surface area contributed by atoms with E-state index in [0.717, 1.165) is 5.69 Å². The van der Waals surface area contributed by atoms with Gasteiger partial charge in [-0.15, -0.1) is 0 Å². The Morgan fingerprint density at radius 2 is 1.41 bits per heavy atom. The Morgan fingerprint density at radius 3 is 2.00 bits per heavy atom. The molecule has 0 unspecified atom stereocenters. The number of imide groups is 1. The first-order chi connectivity index (χ1) is 17.9. The smallest absolute Gasteiger partial charge is 0.251 e. The maximum atomic E-state index is 13.2. The monoisotopic (exact) mass is 501 g/mol. The number of halogens is 1. The highest BCUT2D eigenvalue weighted by Crippen LogP contribution is 2.28. The summed E-state index contributed by atoms with van der Waals surface area (Å²) in [5.74, 6) is -0.211. The first-order valence-electron chi connectivity index (χ1n) is 12.4. The predicted octanol–water partition coefficient (Wildman–Crippen LogP) is 3.91. The van der Waals surface area contributed by atoms with Gasteiger partial charge in [-0.05, 0) is 79.7 Å². The third-order valence-electron chi connectivity index (χ3n) is 6.88. The second-order valence-corrected chi connectivity index (χ2v) is 9.12. The number of hydrogen-bond acceptors (Lipinski definition) is 6. The summed E-state index contributed by atoms with van der Waals surface area (Å²) >= 11 is 0. The van der Waals surface area contributed by atoms with Gasteiger partial charge in [0, 0.05) is 43.0 Å². The van der Waals surface area contributed by atoms with Crippen molar-refractivity contribution in [1.82, 2.24) is 4.90 Å². The lowest BCUT2D eigenvalue weighted by atomic mass is 10.0. The van der Waals surface area contributed by atoms with Crippen molar-refractivity contribution in [2.75, 3.05) is 42.6 Å². The molecular weight excluding hydrogens is 473 g/mol. The van der Waals surface area contributed by atoms with Gasteiger partial charge in [0.15, 0.2) is 5.78 Å². The van der Waals surface area contributed by atoms with Crippen LogP contribution in [0.3, 0.4) is 0 Å². The highest BCUT2D eigenvalue weighted by atomic mass is 19.1. The van der Waals surface area contributed by atoms with Gasteiger partial charge in [-0.2, -0.15) is 0 Å². The topological polar surface area (TPSA) is 70.2 Å². The van der Waals surface area contributed by atoms with Gasteiger partial charge in [-0.25, -0.2) is 9.29 Å². The average molecular weight is 502 g/mol. The van der Waals surface area contributed by atoms with Gasteiger partial charge in [-0.3, -0.25) is 19.3 Å². The zero-order chi connectivity index (χ0) is 25.9. The van der Waals surface area contributed by atoms with Crippen molar-refractivity contribution in [2.45, 2.75) is 19.4 Å². The van der Waals surface area contributed by atoms with E-state index >= 15 is 0 Å². The second-order valence-electron chi connectivity index (χ2n) is 9.12. The van der Waals surface area contributed by atoms with Crippen LogP contribution in [0.5, 0.6) is 5.75 Å². The van der Waals surface area contributed by atoms with Gasteiger partial charge in [0.05, 0.1) is 24.8 Å². The molecule has 2 aliphatic rings. The molecule has 8 heteroatoms. The van der Waals surface area contributed by atoms with Gasteiger partial charge in [-0.1, -0.05) is 0 Å². The van der Waals surface area contributed by atoms with Crippen LogP contribution in [0, 0.1) is 5.82 Å². The van der Waals surface area contributed by atoms with Crippen LogP contribution in [0.1, 0.15) is 29.3 Å². The van der Waals surface area contributed by atoms with Gasteiger partial charge >= 0.3 is 0 Å². The van der Waals surface area contributed by atoms with Crippen molar-refractivity contribution >= 4 is 29.0 Å². The van der Waals surface area contributed by atoms with E-state index in [1.165, 1.54) is 29.2 Å². The van der Waals surface area contributed by atoms with Crippen molar-refractivity contribution < 1.29 is 23.5 Å². The predicted molar refractivity (Wildman–Crippen MR) is 139 cm³/mol. The number of amides is 2. The standard InChI is InChI=1S/C29H28FN3O4/c1-2-37-25-13-11-24(12-14-25)33-27(34)19-26(29(33)36)32-17-15-31(16-18-32)23-9-5-21(6-10-23)28(35)20-3-7-22(30)8-4-20/h3-14,26H,2,15-19H2,1H3/t26-/m1/s1. The molecule has 0 radical (unpaired) electrons. The van der Waals surface area contributed by atoms with Crippen molar-refractivity contribution in [2.24, 2.45) is 0 Å². The zero-order valence-corrected chi connectivity index (χ0v) is 20.6. The molecular formula is C29H28FN3O4. The normalized spacial score (nSPS) is 18.4. The fourth-order valence-electron chi connectivity index (χ4n) is 4.91. The Hall–Kier alpha value is -4.04. The molecule has 0 aromatic heterocycles. The Bertz CT molecular complexity index is 1280. The maximum Gasteiger partial charge on any atom is 0.251 e. The van der Waals surface area contributed by atoms with E-state index in [1.807, 2.05) is 19.1 Å². The number of rotatable bonds is 7. The van der Waals surface area contributed by atoms with Crippen LogP contribution in [-0.4, -0.2) is 61.3 Å². The molecule has 2 aliphatic heterocycles. The molecule has 37 heavy (non-hydrogen) atoms. The Morgan fingerprint density at radius 1 is 0.838 bits per heavy atom. The van der Waals surface area contributed by atoms with Gasteiger partial charge in [0.1, 0.15) is 11.6 Å². The van der Waals surface area contributed by atoms with E-state index in [1.54, 1.807) is 36.4 Å². The third-order valence-corrected chi connectivity index (χ3v) is 6.88. The lowest BCUT2D eigenvalue weighted by Gasteiger charge is -2.38. The number of ketones is 1. The summed E-state index contributed by atoms with van der Waals surface area (Å²) in [6, 6.07) is 19.5. The average Bonchev–Trinajstić information content (AvgIpc) is 3.23. The van der Waals surface area contributed by atoms with Crippen LogP contribution in [-0.2, 0) is 9.59 Å². The number of anilines is 2. The number of carbonyl (C=O) groups excluding carboxylic acids is 3. The first kappa shape index (κ1) is 24.6. The highest BCUT2D eigenvalue weighted by molar-refractivity contribution is 6.22. The Labute approximate surface area is 215 Å². The molecule has 2 fully saturated rings. The largest absolute Gasteiger partial charge is 0.494 e. The molecule has 2 saturated heterocycles. The van der Waals surface area contributed by atoms with Gasteiger partial charge in [0.25, 0.3) is 5.91 Å². The molecule has 7 nitrogen and oxygen atoms in total. The van der Waals surface area contributed by atoms with Crippen LogP contribution in [0.2, 0.25) is 0 Å². The lowest BCUT2D eigenvalue weighted by molar-refractivity contribution is -0.123. The number of nitrogens with zero attached hydrogens (tertiary/aromatic N) is 3. The van der Waals surface area contributed by atoms with Crippen LogP contribution in [0.25, 0.3) is 0 Å². The van der Waals surface area contributed by atoms with Crippen molar-refractivity contribution in [3.8, 4) is 5.75 Å². The minimum atomic E-state index is -0.461. The van der Waals surface area contributed by atoms with Crippen molar-refractivity contribution in [3.63, 3.8) is 0 Å². The molecule has 5 rings (SSSR count). The summed E-state index contributed by atoms with van der Waals surface area (Å²) < 4.78 is 18.6. The van der Waals surface area contributed by atoms with Gasteiger partial charge in [0.2, 0.25) is 5.91 Å². The molecule has 0 aliphatic carbocycles. The molecule has 2 heterocycles. The first-order valence-corrected chi connectivity index (χ1v) is 12.4. The van der Waals surface area contributed by atoms with E-state index in [-0.39, 0.29) is 29.8 Å². The molecule has 0 spiro atoms. The van der Waals surface area contributed by atoms with Crippen LogP contribution in [0.4, 0.5) is 15.8 Å². The summed E-state index contributed by atoms with van der Waals surface area (Å²) in [5.41, 5.74) is 2.53. The molecule has 0 bridgehead atoms. The van der Waals surface area contributed by atoms with Crippen LogP contribution < -0.4 is 14.5 Å². The van der Waals surface area contributed by atoms with E-state index in [4.69, 9.17) is 4.74 Å². The molecule has 1 atom stereocenters. The molecule has 2 amide bonds. The van der Waals surface area contributed by atoms with E-state index < -0.39 is 6.04 Å². The van der Waals surface area contributed by atoms with E-state index in [9.17, 15) is 18.8 Å². The molecule has 0 N–H and O–H groups in total. The Kier molecular flexibility index (Phi) is 7.01. The van der Waals surface area contributed by atoms with Gasteiger partial charge < -0.3 is 9.64 Å². The molecule has 190 valence electrons. The number of piperazine rings is 1.